The van der Waals surface area contributed by atoms with Crippen molar-refractivity contribution >= 4 is 83.8 Å². The van der Waals surface area contributed by atoms with E-state index in [4.69, 9.17) is 27.8 Å². The maximum Gasteiger partial charge on any atom is 0.294 e. The van der Waals surface area contributed by atoms with Crippen LogP contribution in [-0.2, 0) is 25.0 Å². The van der Waals surface area contributed by atoms with Gasteiger partial charge in [-0.3, -0.25) is 18.7 Å². The molecule has 4 aromatic rings. The summed E-state index contributed by atoms with van der Waals surface area (Å²) in [5.41, 5.74) is 1.67. The minimum atomic E-state index is -4.56. The molecule has 0 saturated carbocycles. The maximum absolute atomic E-state index is 12.9. The molecule has 20 heteroatoms. The van der Waals surface area contributed by atoms with Crippen molar-refractivity contribution < 1.29 is 35.5 Å². The molecule has 1 aromatic heterocycles. The third-order valence-corrected chi connectivity index (χ3v) is 9.78. The molecule has 0 radical (unpaired) electrons. The van der Waals surface area contributed by atoms with Crippen molar-refractivity contribution in [3.63, 3.8) is 0 Å². The molecule has 0 bridgehead atoms. The van der Waals surface area contributed by atoms with Gasteiger partial charge in [0.15, 0.2) is 5.82 Å². The number of azo groups is 1. The number of hydrogen-bond acceptors (Lipinski definition) is 11. The molecular weight excluding hydrogens is 771 g/mol. The largest absolute Gasteiger partial charge is 0.372 e. The second-order valence-corrected chi connectivity index (χ2v) is 15.6. The van der Waals surface area contributed by atoms with Crippen LogP contribution in [0.15, 0.2) is 69.7 Å². The molecule has 3 aromatic carbocycles. The van der Waals surface area contributed by atoms with E-state index in [1.165, 1.54) is 35.9 Å². The first-order valence-electron chi connectivity index (χ1n) is 15.8. The molecule has 0 aliphatic heterocycles. The molecule has 53 heavy (non-hydrogen) atoms. The van der Waals surface area contributed by atoms with E-state index >= 15 is 0 Å². The molecule has 0 fully saturated rings. The van der Waals surface area contributed by atoms with Crippen LogP contribution >= 0.6 is 23.2 Å². The van der Waals surface area contributed by atoms with Gasteiger partial charge in [0.1, 0.15) is 23.0 Å². The summed E-state index contributed by atoms with van der Waals surface area (Å²) in [6, 6.07) is 14.5. The van der Waals surface area contributed by atoms with Gasteiger partial charge in [-0.1, -0.05) is 43.1 Å². The van der Waals surface area contributed by atoms with Crippen LogP contribution < -0.4 is 15.5 Å². The van der Waals surface area contributed by atoms with Gasteiger partial charge in [0.2, 0.25) is 5.91 Å². The monoisotopic (exact) mass is 804 g/mol. The van der Waals surface area contributed by atoms with Crippen molar-refractivity contribution in [3.8, 4) is 11.8 Å². The molecule has 0 aliphatic rings. The molecule has 2 amide bonds. The Labute approximate surface area is 315 Å². The SMILES string of the molecule is CCN(CCCS(=O)(=O)O)c1ccc(N=Nc2c(C#N)c(C(C)C)nn2-c2c(Cl)cc(NC(=O)c3cccc(S(=O)(=O)O)c3)cc2Cl)c(NC(C)=O)c1. The van der Waals surface area contributed by atoms with Crippen LogP contribution in [0, 0.1) is 11.3 Å². The minimum Gasteiger partial charge on any atom is -0.372 e. The second-order valence-electron chi connectivity index (χ2n) is 11.8. The number of rotatable bonds is 14. The Bertz CT molecular complexity index is 2340. The summed E-state index contributed by atoms with van der Waals surface area (Å²) in [6.45, 7) is 7.58. The molecule has 0 unspecified atom stereocenters. The topological polar surface area (TPSA) is 237 Å². The van der Waals surface area contributed by atoms with E-state index in [1.54, 1.807) is 18.2 Å². The number of amides is 2. The fourth-order valence-corrected chi connectivity index (χ4v) is 6.80. The molecule has 0 saturated heterocycles. The lowest BCUT2D eigenvalue weighted by atomic mass is 10.1. The van der Waals surface area contributed by atoms with Crippen LogP contribution in [0.25, 0.3) is 5.69 Å². The van der Waals surface area contributed by atoms with Crippen molar-refractivity contribution in [1.29, 1.82) is 5.26 Å². The zero-order valence-corrected chi connectivity index (χ0v) is 31.8. The Morgan fingerprint density at radius 2 is 1.70 bits per heavy atom. The average molecular weight is 806 g/mol. The summed E-state index contributed by atoms with van der Waals surface area (Å²) in [5.74, 6) is -1.85. The van der Waals surface area contributed by atoms with E-state index in [2.05, 4.69) is 32.0 Å². The lowest BCUT2D eigenvalue weighted by Crippen LogP contribution is -2.25. The molecule has 0 spiro atoms. The van der Waals surface area contributed by atoms with E-state index in [1.807, 2.05) is 25.7 Å². The van der Waals surface area contributed by atoms with Gasteiger partial charge in [-0.2, -0.15) is 27.2 Å². The third-order valence-electron chi connectivity index (χ3n) is 7.55. The van der Waals surface area contributed by atoms with Crippen molar-refractivity contribution in [2.24, 2.45) is 10.2 Å². The first-order valence-corrected chi connectivity index (χ1v) is 19.6. The summed E-state index contributed by atoms with van der Waals surface area (Å²) in [5, 5.41) is 28.8. The minimum absolute atomic E-state index is 0.0184. The highest BCUT2D eigenvalue weighted by molar-refractivity contribution is 7.86. The summed E-state index contributed by atoms with van der Waals surface area (Å²) in [6.07, 6.45) is 0.159. The lowest BCUT2D eigenvalue weighted by Gasteiger charge is -2.24. The zero-order chi connectivity index (χ0) is 39.2. The van der Waals surface area contributed by atoms with E-state index in [0.29, 0.717) is 24.5 Å². The summed E-state index contributed by atoms with van der Waals surface area (Å²) in [4.78, 5) is 26.5. The van der Waals surface area contributed by atoms with E-state index in [-0.39, 0.29) is 62.1 Å². The van der Waals surface area contributed by atoms with Crippen LogP contribution in [-0.4, -0.2) is 66.4 Å². The van der Waals surface area contributed by atoms with Crippen LogP contribution in [0.5, 0.6) is 0 Å². The van der Waals surface area contributed by atoms with Gasteiger partial charge in [0, 0.05) is 37.0 Å². The fourth-order valence-electron chi connectivity index (χ4n) is 5.13. The van der Waals surface area contributed by atoms with Gasteiger partial charge < -0.3 is 15.5 Å². The number of benzene rings is 3. The van der Waals surface area contributed by atoms with Gasteiger partial charge in [-0.25, -0.2) is 4.68 Å². The van der Waals surface area contributed by atoms with Crippen LogP contribution in [0.2, 0.25) is 10.0 Å². The van der Waals surface area contributed by atoms with Gasteiger partial charge in [0.25, 0.3) is 26.1 Å². The number of halogens is 2. The predicted octanol–water partition coefficient (Wildman–Crippen LogP) is 7.15. The van der Waals surface area contributed by atoms with Gasteiger partial charge in [-0.05, 0) is 67.8 Å². The molecular formula is C33H34Cl2N8O8S2. The second kappa shape index (κ2) is 16.8. The Hall–Kier alpha value is -4.90. The Morgan fingerprint density at radius 3 is 2.26 bits per heavy atom. The number of nitriles is 1. The highest BCUT2D eigenvalue weighted by atomic mass is 35.5. The van der Waals surface area contributed by atoms with Gasteiger partial charge >= 0.3 is 0 Å². The van der Waals surface area contributed by atoms with Crippen molar-refractivity contribution in [1.82, 2.24) is 9.78 Å². The Kier molecular flexibility index (Phi) is 13.0. The fraction of sp³-hybridized carbons (Fsp3) is 0.273. The summed E-state index contributed by atoms with van der Waals surface area (Å²) >= 11 is 13.4. The number of nitrogens with one attached hydrogen (secondary N) is 2. The highest BCUT2D eigenvalue weighted by Gasteiger charge is 2.25. The predicted molar refractivity (Wildman–Crippen MR) is 200 cm³/mol. The lowest BCUT2D eigenvalue weighted by molar-refractivity contribution is -0.114. The van der Waals surface area contributed by atoms with Crippen molar-refractivity contribution in [3.05, 3.63) is 81.5 Å². The maximum atomic E-state index is 12.9. The normalized spacial score (nSPS) is 11.8. The standard InChI is InChI=1S/C33H34Cl2N8O8S2/c1-5-42(12-7-13-52(46,47)48)23-10-11-28(29(17-23)37-20(4)44)39-40-32-25(18-36)30(19(2)3)41-43(32)31-26(34)15-22(16-27(31)35)38-33(45)21-8-6-9-24(14-21)53(49,50)51/h6,8-11,14-17,19H,5,7,12-13H2,1-4H3,(H,37,44)(H,38,45)(H,46,47,48)(H,49,50,51). The highest BCUT2D eigenvalue weighted by Crippen LogP contribution is 2.39. The number of carbonyl (C=O) groups excluding carboxylic acids is 2. The van der Waals surface area contributed by atoms with Crippen LogP contribution in [0.1, 0.15) is 61.6 Å². The van der Waals surface area contributed by atoms with Crippen LogP contribution in [0.4, 0.5) is 28.6 Å². The Morgan fingerprint density at radius 1 is 1.02 bits per heavy atom. The third kappa shape index (κ3) is 10.4. The van der Waals surface area contributed by atoms with Crippen molar-refractivity contribution in [2.45, 2.75) is 44.9 Å². The molecule has 280 valence electrons. The summed E-state index contributed by atoms with van der Waals surface area (Å²) < 4.78 is 65.2. The molecule has 0 atom stereocenters. The molecule has 0 aliphatic carbocycles. The first kappa shape index (κ1) is 40.9. The number of carbonyl (C=O) groups is 2. The number of nitrogens with zero attached hydrogens (tertiary/aromatic N) is 6. The van der Waals surface area contributed by atoms with Gasteiger partial charge in [0.05, 0.1) is 32.1 Å². The Balaban J connectivity index is 1.75. The molecule has 4 N–H and O–H groups in total. The van der Waals surface area contributed by atoms with Crippen LogP contribution in [0.3, 0.4) is 0 Å². The van der Waals surface area contributed by atoms with Gasteiger partial charge in [-0.15, -0.1) is 10.2 Å². The number of hydrogen-bond donors (Lipinski definition) is 4. The number of anilines is 3. The quantitative estimate of drug-likeness (QED) is 0.0737. The van der Waals surface area contributed by atoms with Crippen molar-refractivity contribution in [2.75, 3.05) is 34.4 Å². The number of aromatic nitrogens is 2. The molecule has 1 heterocycles. The van der Waals surface area contributed by atoms with E-state index < -0.39 is 42.7 Å². The first-order chi connectivity index (χ1) is 24.8. The average Bonchev–Trinajstić information content (AvgIpc) is 3.43. The molecule has 16 nitrogen and oxygen atoms in total. The zero-order valence-electron chi connectivity index (χ0n) is 28.7. The smallest absolute Gasteiger partial charge is 0.294 e. The van der Waals surface area contributed by atoms with E-state index in [9.17, 15) is 36.2 Å². The summed E-state index contributed by atoms with van der Waals surface area (Å²) in [7, 11) is -8.69. The van der Waals surface area contributed by atoms with E-state index in [0.717, 1.165) is 12.1 Å². The molecule has 4 rings (SSSR count).